The minimum Gasteiger partial charge on any atom is -0.279 e. The van der Waals surface area contributed by atoms with Crippen molar-refractivity contribution in [3.8, 4) is 0 Å². The number of nitrogens with zero attached hydrogens (tertiary/aromatic N) is 4. The Morgan fingerprint density at radius 1 is 1.03 bits per heavy atom. The molecule has 198 valence electrons. The Bertz CT molecular complexity index is 1520. The van der Waals surface area contributed by atoms with Gasteiger partial charge in [-0.15, -0.1) is 0 Å². The summed E-state index contributed by atoms with van der Waals surface area (Å²) >= 11 is 7.55. The number of carbonyl (C=O) groups excluding carboxylic acids is 1. The van der Waals surface area contributed by atoms with Gasteiger partial charge >= 0.3 is 0 Å². The summed E-state index contributed by atoms with van der Waals surface area (Å²) in [7, 11) is -3.66. The molecule has 2 aromatic heterocycles. The van der Waals surface area contributed by atoms with Crippen molar-refractivity contribution in [1.82, 2.24) is 14.3 Å². The molecule has 2 heterocycles. The summed E-state index contributed by atoms with van der Waals surface area (Å²) in [5.41, 5.74) is 2.04. The Hall–Kier alpha value is -2.85. The lowest BCUT2D eigenvalue weighted by molar-refractivity contribution is 0.0985. The van der Waals surface area contributed by atoms with Gasteiger partial charge in [-0.3, -0.25) is 14.7 Å². The summed E-state index contributed by atoms with van der Waals surface area (Å²) < 4.78 is 29.4. The summed E-state index contributed by atoms with van der Waals surface area (Å²) in [4.78, 5) is 24.4. The first-order valence-corrected chi connectivity index (χ1v) is 15.4. The molecule has 0 N–H and O–H groups in total. The number of amides is 1. The van der Waals surface area contributed by atoms with Crippen LogP contribution in [0.25, 0.3) is 10.2 Å². The van der Waals surface area contributed by atoms with E-state index in [1.165, 1.54) is 23.5 Å². The van der Waals surface area contributed by atoms with Crippen LogP contribution in [0.4, 0.5) is 5.13 Å². The largest absolute Gasteiger partial charge is 0.279 e. The Morgan fingerprint density at radius 3 is 2.42 bits per heavy atom. The zero-order valence-electron chi connectivity index (χ0n) is 21.1. The number of halogens is 1. The Morgan fingerprint density at radius 2 is 1.74 bits per heavy atom. The second-order valence-electron chi connectivity index (χ2n) is 9.38. The van der Waals surface area contributed by atoms with Gasteiger partial charge in [0, 0.05) is 35.6 Å². The number of carbonyl (C=O) groups is 1. The van der Waals surface area contributed by atoms with Gasteiger partial charge in [0.15, 0.2) is 5.13 Å². The smallest absolute Gasteiger partial charge is 0.260 e. The van der Waals surface area contributed by atoms with Crippen molar-refractivity contribution in [3.05, 3.63) is 83.1 Å². The Kier molecular flexibility index (Phi) is 8.09. The van der Waals surface area contributed by atoms with Gasteiger partial charge in [0.2, 0.25) is 10.0 Å². The van der Waals surface area contributed by atoms with Gasteiger partial charge in [-0.1, -0.05) is 49.1 Å². The highest BCUT2D eigenvalue weighted by Crippen LogP contribution is 2.33. The minimum atomic E-state index is -3.66. The third kappa shape index (κ3) is 5.61. The first kappa shape index (κ1) is 26.7. The van der Waals surface area contributed by atoms with Crippen molar-refractivity contribution < 1.29 is 13.2 Å². The highest BCUT2D eigenvalue weighted by atomic mass is 35.5. The van der Waals surface area contributed by atoms with Gasteiger partial charge in [-0.05, 0) is 73.0 Å². The maximum atomic E-state index is 13.8. The minimum absolute atomic E-state index is 0.0310. The lowest BCUT2D eigenvalue weighted by Gasteiger charge is -2.32. The Balaban J connectivity index is 1.45. The first-order chi connectivity index (χ1) is 18.4. The fraction of sp³-hybridized carbons (Fsp3) is 0.321. The summed E-state index contributed by atoms with van der Waals surface area (Å²) in [6.45, 7) is 2.60. The molecule has 0 unspecified atom stereocenters. The van der Waals surface area contributed by atoms with E-state index in [4.69, 9.17) is 11.6 Å². The van der Waals surface area contributed by atoms with Crippen molar-refractivity contribution in [2.24, 2.45) is 0 Å². The molecule has 1 saturated carbocycles. The fourth-order valence-electron chi connectivity index (χ4n) is 4.95. The molecule has 10 heteroatoms. The second kappa shape index (κ2) is 11.5. The van der Waals surface area contributed by atoms with E-state index in [0.717, 1.165) is 47.9 Å². The SMILES string of the molecule is CCN(C1CCCCC1)S(=O)(=O)c1ccc(C(=O)N(Cc2ccncc2)c2nc3ccc(Cl)cc3s2)cc1. The van der Waals surface area contributed by atoms with E-state index < -0.39 is 10.0 Å². The summed E-state index contributed by atoms with van der Waals surface area (Å²) in [6, 6.07) is 15.4. The molecule has 4 aromatic rings. The van der Waals surface area contributed by atoms with Crippen LogP contribution in [0.3, 0.4) is 0 Å². The van der Waals surface area contributed by atoms with Crippen molar-refractivity contribution in [2.75, 3.05) is 11.4 Å². The van der Waals surface area contributed by atoms with Gasteiger partial charge in [-0.2, -0.15) is 4.31 Å². The fourth-order valence-corrected chi connectivity index (χ4v) is 7.89. The first-order valence-electron chi connectivity index (χ1n) is 12.8. The van der Waals surface area contributed by atoms with Crippen molar-refractivity contribution in [3.63, 3.8) is 0 Å². The van der Waals surface area contributed by atoms with E-state index >= 15 is 0 Å². The second-order valence-corrected chi connectivity index (χ2v) is 12.7. The summed E-state index contributed by atoms with van der Waals surface area (Å²) in [5.74, 6) is -0.268. The van der Waals surface area contributed by atoms with Gasteiger partial charge < -0.3 is 0 Å². The van der Waals surface area contributed by atoms with Crippen LogP contribution in [0.1, 0.15) is 54.9 Å². The monoisotopic (exact) mass is 568 g/mol. The van der Waals surface area contributed by atoms with Crippen molar-refractivity contribution >= 4 is 54.2 Å². The number of fused-ring (bicyclic) bond motifs is 1. The maximum Gasteiger partial charge on any atom is 0.260 e. The normalized spacial score (nSPS) is 14.7. The molecule has 0 radical (unpaired) electrons. The van der Waals surface area contributed by atoms with E-state index in [1.807, 2.05) is 31.2 Å². The van der Waals surface area contributed by atoms with Crippen LogP contribution in [-0.2, 0) is 16.6 Å². The highest BCUT2D eigenvalue weighted by Gasteiger charge is 2.31. The zero-order valence-corrected chi connectivity index (χ0v) is 23.5. The van der Waals surface area contributed by atoms with Crippen LogP contribution < -0.4 is 4.90 Å². The molecule has 0 aliphatic heterocycles. The molecule has 0 spiro atoms. The predicted octanol–water partition coefficient (Wildman–Crippen LogP) is 6.54. The number of sulfonamides is 1. The number of thiazole rings is 1. The van der Waals surface area contributed by atoms with Crippen LogP contribution in [0.5, 0.6) is 0 Å². The molecular formula is C28H29ClN4O3S2. The molecule has 0 bridgehead atoms. The number of aromatic nitrogens is 2. The molecule has 1 aliphatic rings. The molecule has 2 aromatic carbocycles. The molecule has 1 amide bonds. The van der Waals surface area contributed by atoms with E-state index in [0.29, 0.717) is 28.8 Å². The number of benzene rings is 2. The van der Waals surface area contributed by atoms with Crippen molar-refractivity contribution in [2.45, 2.75) is 56.5 Å². The van der Waals surface area contributed by atoms with E-state index in [9.17, 15) is 13.2 Å². The van der Waals surface area contributed by atoms with Crippen LogP contribution in [0.15, 0.2) is 71.9 Å². The molecular weight excluding hydrogens is 540 g/mol. The quantitative estimate of drug-likeness (QED) is 0.241. The summed E-state index contributed by atoms with van der Waals surface area (Å²) in [6.07, 6.45) is 8.40. The van der Waals surface area contributed by atoms with Gasteiger partial charge in [-0.25, -0.2) is 13.4 Å². The van der Waals surface area contributed by atoms with Gasteiger partial charge in [0.1, 0.15) is 0 Å². The molecule has 0 saturated heterocycles. The number of anilines is 1. The number of hydrogen-bond acceptors (Lipinski definition) is 6. The van der Waals surface area contributed by atoms with Gasteiger partial charge in [0.25, 0.3) is 5.91 Å². The average Bonchev–Trinajstić information content (AvgIpc) is 3.36. The van der Waals surface area contributed by atoms with Crippen LogP contribution in [-0.4, -0.2) is 41.2 Å². The van der Waals surface area contributed by atoms with Crippen LogP contribution in [0, 0.1) is 0 Å². The van der Waals surface area contributed by atoms with Crippen molar-refractivity contribution in [1.29, 1.82) is 0 Å². The van der Waals surface area contributed by atoms with E-state index in [-0.39, 0.29) is 16.8 Å². The Labute approximate surface area is 232 Å². The third-order valence-corrected chi connectivity index (χ3v) is 10.2. The lowest BCUT2D eigenvalue weighted by atomic mass is 9.95. The number of pyridine rings is 1. The molecule has 38 heavy (non-hydrogen) atoms. The topological polar surface area (TPSA) is 83.5 Å². The molecule has 1 aliphatic carbocycles. The maximum absolute atomic E-state index is 13.8. The highest BCUT2D eigenvalue weighted by molar-refractivity contribution is 7.89. The average molecular weight is 569 g/mol. The summed E-state index contributed by atoms with van der Waals surface area (Å²) in [5, 5.41) is 1.14. The standard InChI is InChI=1S/C28H29ClN4O3S2/c1-2-33(23-6-4-3-5-7-23)38(35,36)24-11-8-21(9-12-24)27(34)32(19-20-14-16-30-17-15-20)28-31-25-13-10-22(29)18-26(25)37-28/h8-18,23H,2-7,19H2,1H3. The zero-order chi connectivity index (χ0) is 26.7. The van der Waals surface area contributed by atoms with E-state index in [2.05, 4.69) is 9.97 Å². The molecule has 0 atom stereocenters. The molecule has 7 nitrogen and oxygen atoms in total. The number of rotatable bonds is 8. The third-order valence-electron chi connectivity index (χ3n) is 6.91. The van der Waals surface area contributed by atoms with Crippen LogP contribution in [0.2, 0.25) is 5.02 Å². The van der Waals surface area contributed by atoms with E-state index in [1.54, 1.807) is 39.8 Å². The lowest BCUT2D eigenvalue weighted by Crippen LogP contribution is -2.41. The van der Waals surface area contributed by atoms with Gasteiger partial charge in [0.05, 0.1) is 21.7 Å². The molecule has 5 rings (SSSR count). The van der Waals surface area contributed by atoms with Crippen LogP contribution >= 0.6 is 22.9 Å². The number of hydrogen-bond donors (Lipinski definition) is 0. The molecule has 1 fully saturated rings. The predicted molar refractivity (Wildman–Crippen MR) is 152 cm³/mol.